The number of carboxylic acids is 1. The summed E-state index contributed by atoms with van der Waals surface area (Å²) in [5.41, 5.74) is -1.20. The summed E-state index contributed by atoms with van der Waals surface area (Å²) in [5.74, 6) is -2.58. The quantitative estimate of drug-likeness (QED) is 0.321. The van der Waals surface area contributed by atoms with Crippen LogP contribution in [0.3, 0.4) is 0 Å². The van der Waals surface area contributed by atoms with Crippen LogP contribution in [0.1, 0.15) is 71.3 Å². The van der Waals surface area contributed by atoms with Gasteiger partial charge in [0.15, 0.2) is 0 Å². The molecule has 45 heavy (non-hydrogen) atoms. The molecule has 0 unspecified atom stereocenters. The van der Waals surface area contributed by atoms with Gasteiger partial charge in [-0.25, -0.2) is 9.59 Å². The Hall–Kier alpha value is -3.92. The molecule has 5 atom stereocenters. The highest BCUT2D eigenvalue weighted by Gasteiger charge is 2.61. The van der Waals surface area contributed by atoms with Gasteiger partial charge in [0.2, 0.25) is 11.8 Å². The molecule has 0 spiro atoms. The van der Waals surface area contributed by atoms with E-state index in [1.54, 1.807) is 20.8 Å². The number of nitrogens with zero attached hydrogens (tertiary/aromatic N) is 1. The van der Waals surface area contributed by atoms with Crippen LogP contribution < -0.4 is 10.6 Å². The molecule has 5 rings (SSSR count). The van der Waals surface area contributed by atoms with Crippen LogP contribution in [0.2, 0.25) is 0 Å². The number of hydrogen-bond donors (Lipinski definition) is 3. The van der Waals surface area contributed by atoms with E-state index in [1.165, 1.54) is 11.0 Å². The fourth-order valence-corrected chi connectivity index (χ4v) is 6.82. The fourth-order valence-electron chi connectivity index (χ4n) is 6.82. The molecule has 2 aliphatic carbocycles. The third kappa shape index (κ3) is 7.32. The highest BCUT2D eigenvalue weighted by atomic mass is 16.6. The van der Waals surface area contributed by atoms with E-state index in [0.717, 1.165) is 48.4 Å². The van der Waals surface area contributed by atoms with Crippen LogP contribution in [0.15, 0.2) is 55.1 Å². The number of nitrogens with one attached hydrogen (secondary N) is 2. The van der Waals surface area contributed by atoms with Crippen molar-refractivity contribution in [3.8, 4) is 0 Å². The monoisotopic (exact) mass is 619 g/mol. The Morgan fingerprint density at radius 2 is 1.80 bits per heavy atom. The molecule has 10 heteroatoms. The number of benzene rings is 2. The summed E-state index contributed by atoms with van der Waals surface area (Å²) in [5, 5.41) is 17.7. The lowest BCUT2D eigenvalue weighted by Gasteiger charge is -2.35. The minimum atomic E-state index is -1.44. The number of carboxylic acid groups (broad SMARTS) is 1. The summed E-state index contributed by atoms with van der Waals surface area (Å²) < 4.78 is 11.9. The molecule has 2 saturated carbocycles. The maximum Gasteiger partial charge on any atom is 0.408 e. The van der Waals surface area contributed by atoms with Crippen molar-refractivity contribution < 1.29 is 33.8 Å². The normalized spacial score (nSPS) is 25.8. The van der Waals surface area contributed by atoms with E-state index in [-0.39, 0.29) is 37.8 Å². The Morgan fingerprint density at radius 1 is 1.09 bits per heavy atom. The predicted molar refractivity (Wildman–Crippen MR) is 169 cm³/mol. The number of ether oxygens (including phenoxy) is 2. The highest BCUT2D eigenvalue weighted by molar-refractivity contribution is 5.96. The first-order chi connectivity index (χ1) is 21.4. The summed E-state index contributed by atoms with van der Waals surface area (Å²) in [7, 11) is 0. The van der Waals surface area contributed by atoms with Crippen LogP contribution in [0.25, 0.3) is 10.8 Å². The second kappa shape index (κ2) is 13.2. The van der Waals surface area contributed by atoms with Crippen molar-refractivity contribution in [3.05, 3.63) is 60.7 Å². The number of carbonyl (C=O) groups excluding carboxylic acids is 3. The van der Waals surface area contributed by atoms with E-state index in [1.807, 2.05) is 42.5 Å². The average molecular weight is 620 g/mol. The van der Waals surface area contributed by atoms with Crippen LogP contribution in [-0.2, 0) is 30.5 Å². The van der Waals surface area contributed by atoms with Gasteiger partial charge in [-0.15, -0.1) is 6.58 Å². The molecule has 10 nitrogen and oxygen atoms in total. The molecule has 3 amide bonds. The molecular formula is C35H45N3O7. The minimum Gasteiger partial charge on any atom is -0.479 e. The predicted octanol–water partition coefficient (Wildman–Crippen LogP) is 4.95. The zero-order valence-electron chi connectivity index (χ0n) is 26.4. The van der Waals surface area contributed by atoms with Gasteiger partial charge in [0.1, 0.15) is 23.2 Å². The van der Waals surface area contributed by atoms with Gasteiger partial charge in [0.25, 0.3) is 0 Å². The van der Waals surface area contributed by atoms with E-state index in [2.05, 4.69) is 17.2 Å². The zero-order valence-corrected chi connectivity index (χ0v) is 26.4. The molecule has 0 aromatic heterocycles. The number of hydrogen-bond acceptors (Lipinski definition) is 6. The number of carbonyl (C=O) groups is 4. The van der Waals surface area contributed by atoms with Crippen molar-refractivity contribution in [1.82, 2.24) is 15.5 Å². The lowest BCUT2D eigenvalue weighted by Crippen LogP contribution is -2.58. The number of amides is 3. The molecule has 2 aromatic carbocycles. The smallest absolute Gasteiger partial charge is 0.408 e. The molecule has 3 N–H and O–H groups in total. The summed E-state index contributed by atoms with van der Waals surface area (Å²) in [4.78, 5) is 54.8. The molecule has 2 aromatic rings. The average Bonchev–Trinajstić information content (AvgIpc) is 3.56. The molecular weight excluding hydrogens is 574 g/mol. The van der Waals surface area contributed by atoms with Crippen molar-refractivity contribution in [1.29, 1.82) is 0 Å². The molecule has 0 radical (unpaired) electrons. The fraction of sp³-hybridized carbons (Fsp3) is 0.543. The van der Waals surface area contributed by atoms with Crippen LogP contribution in [0, 0.1) is 11.8 Å². The zero-order chi connectivity index (χ0) is 32.4. The first-order valence-corrected chi connectivity index (χ1v) is 16.0. The number of likely N-dealkylation sites (tertiary alicyclic amines) is 1. The minimum absolute atomic E-state index is 0.114. The van der Waals surface area contributed by atoms with Crippen LogP contribution in [-0.4, -0.2) is 69.8 Å². The lowest BCUT2D eigenvalue weighted by atomic mass is 9.83. The summed E-state index contributed by atoms with van der Waals surface area (Å²) in [6, 6.07) is 12.2. The standard InChI is InChI=1S/C35H45N3O7/c1-5-25-19-35(25,32(41)42)37-30(39)28-18-26(44-21-24-16-11-15-22-12-9-10-17-27(22)24)20-38(28)31(40)29(23-13-7-6-8-14-23)36-33(43)45-34(2,3)4/h5,9-12,15-17,23,25-26,28-29H,1,6-8,13-14,18-21H2,2-4H3,(H,36,43)(H,37,39)(H,41,42)/t25-,26+,28-,29-,35+/m0/s1. The van der Waals surface area contributed by atoms with Crippen LogP contribution in [0.5, 0.6) is 0 Å². The van der Waals surface area contributed by atoms with Gasteiger partial charge in [0, 0.05) is 18.9 Å². The SMILES string of the molecule is C=C[C@H]1C[C@]1(NC(=O)[C@@H]1C[C@@H](OCc2cccc3ccccc23)CN1C(=O)[C@@H](NC(=O)OC(C)(C)C)C1CCCCC1)C(=O)O. The van der Waals surface area contributed by atoms with E-state index < -0.39 is 53.2 Å². The van der Waals surface area contributed by atoms with Crippen molar-refractivity contribution in [2.24, 2.45) is 11.8 Å². The number of fused-ring (bicyclic) bond motifs is 1. The molecule has 3 fully saturated rings. The Kier molecular flexibility index (Phi) is 9.53. The van der Waals surface area contributed by atoms with Crippen molar-refractivity contribution in [2.45, 2.75) is 102 Å². The van der Waals surface area contributed by atoms with Crippen molar-refractivity contribution in [2.75, 3.05) is 6.54 Å². The number of aliphatic carboxylic acids is 1. The Morgan fingerprint density at radius 3 is 2.47 bits per heavy atom. The molecule has 1 heterocycles. The van der Waals surface area contributed by atoms with E-state index >= 15 is 0 Å². The lowest BCUT2D eigenvalue weighted by molar-refractivity contribution is -0.146. The van der Waals surface area contributed by atoms with Crippen molar-refractivity contribution in [3.63, 3.8) is 0 Å². The highest BCUT2D eigenvalue weighted by Crippen LogP contribution is 2.45. The first-order valence-electron chi connectivity index (χ1n) is 16.0. The van der Waals surface area contributed by atoms with Gasteiger partial charge in [-0.05, 0) is 62.3 Å². The molecule has 1 saturated heterocycles. The van der Waals surface area contributed by atoms with Gasteiger partial charge in [0.05, 0.1) is 12.7 Å². The summed E-state index contributed by atoms with van der Waals surface area (Å²) in [6.07, 6.45) is 5.27. The molecule has 1 aliphatic heterocycles. The summed E-state index contributed by atoms with van der Waals surface area (Å²) >= 11 is 0. The first kappa shape index (κ1) is 32.5. The second-order valence-electron chi connectivity index (χ2n) is 13.6. The van der Waals surface area contributed by atoms with Crippen LogP contribution in [0.4, 0.5) is 4.79 Å². The van der Waals surface area contributed by atoms with Gasteiger partial charge in [-0.2, -0.15) is 0 Å². The maximum absolute atomic E-state index is 14.4. The second-order valence-corrected chi connectivity index (χ2v) is 13.6. The van der Waals surface area contributed by atoms with Gasteiger partial charge < -0.3 is 30.1 Å². The Balaban J connectivity index is 1.39. The number of alkyl carbamates (subject to hydrolysis) is 1. The number of rotatable bonds is 10. The van der Waals surface area contributed by atoms with Crippen LogP contribution >= 0.6 is 0 Å². The van der Waals surface area contributed by atoms with E-state index in [0.29, 0.717) is 0 Å². The Labute approximate surface area is 264 Å². The molecule has 242 valence electrons. The molecule has 3 aliphatic rings. The van der Waals surface area contributed by atoms with Gasteiger partial charge in [-0.1, -0.05) is 67.8 Å². The molecule has 0 bridgehead atoms. The van der Waals surface area contributed by atoms with Gasteiger partial charge >= 0.3 is 12.1 Å². The van der Waals surface area contributed by atoms with E-state index in [9.17, 15) is 24.3 Å². The van der Waals surface area contributed by atoms with Gasteiger partial charge in [-0.3, -0.25) is 9.59 Å². The third-order valence-corrected chi connectivity index (χ3v) is 9.29. The van der Waals surface area contributed by atoms with Crippen molar-refractivity contribution >= 4 is 34.6 Å². The van der Waals surface area contributed by atoms with E-state index in [4.69, 9.17) is 9.47 Å². The third-order valence-electron chi connectivity index (χ3n) is 9.29. The topological polar surface area (TPSA) is 134 Å². The Bertz CT molecular complexity index is 1440. The maximum atomic E-state index is 14.4. The largest absolute Gasteiger partial charge is 0.479 e. The summed E-state index contributed by atoms with van der Waals surface area (Å²) in [6.45, 7) is 9.40.